The van der Waals surface area contributed by atoms with Gasteiger partial charge in [0, 0.05) is 38.4 Å². The van der Waals surface area contributed by atoms with E-state index in [0.29, 0.717) is 23.8 Å². The third kappa shape index (κ3) is 7.09. The van der Waals surface area contributed by atoms with E-state index in [1.54, 1.807) is 21.3 Å². The average molecular weight is 353 g/mol. The molecule has 0 aliphatic rings. The summed E-state index contributed by atoms with van der Waals surface area (Å²) in [4.78, 5) is 4.63. The molecule has 7 heteroatoms. The third-order valence-corrected chi connectivity index (χ3v) is 3.52. The van der Waals surface area contributed by atoms with Crippen LogP contribution in [-0.4, -0.2) is 53.6 Å². The summed E-state index contributed by atoms with van der Waals surface area (Å²) < 4.78 is 21.5. The van der Waals surface area contributed by atoms with Crippen molar-refractivity contribution in [3.63, 3.8) is 0 Å². The highest BCUT2D eigenvalue weighted by Gasteiger charge is 2.13. The van der Waals surface area contributed by atoms with Gasteiger partial charge in [-0.05, 0) is 20.3 Å². The Kier molecular flexibility index (Phi) is 10.2. The van der Waals surface area contributed by atoms with Crippen LogP contribution in [0, 0.1) is 0 Å². The number of methoxy groups -OCH3 is 3. The molecule has 1 rings (SSSR count). The number of guanidine groups is 1. The van der Waals surface area contributed by atoms with Gasteiger partial charge in [0.1, 0.15) is 17.2 Å². The highest BCUT2D eigenvalue weighted by atomic mass is 16.5. The van der Waals surface area contributed by atoms with Crippen molar-refractivity contribution in [2.75, 3.05) is 47.6 Å². The number of nitrogens with zero attached hydrogens (tertiary/aromatic N) is 1. The first-order valence-electron chi connectivity index (χ1n) is 8.58. The molecule has 0 aliphatic heterocycles. The Labute approximate surface area is 150 Å². The van der Waals surface area contributed by atoms with Gasteiger partial charge in [-0.1, -0.05) is 0 Å². The van der Waals surface area contributed by atoms with E-state index in [4.69, 9.17) is 18.9 Å². The van der Waals surface area contributed by atoms with Crippen LogP contribution >= 0.6 is 0 Å². The minimum atomic E-state index is 0.428. The first-order chi connectivity index (χ1) is 12.2. The number of hydrogen-bond acceptors (Lipinski definition) is 5. The fourth-order valence-corrected chi connectivity index (χ4v) is 2.26. The van der Waals surface area contributed by atoms with Gasteiger partial charge in [0.25, 0.3) is 0 Å². The molecule has 0 atom stereocenters. The van der Waals surface area contributed by atoms with E-state index in [0.717, 1.165) is 44.2 Å². The Morgan fingerprint density at radius 3 is 2.20 bits per heavy atom. The van der Waals surface area contributed by atoms with Crippen LogP contribution < -0.4 is 24.8 Å². The number of aliphatic imine (C=N–C) groups is 1. The zero-order valence-electron chi connectivity index (χ0n) is 16.0. The molecule has 0 saturated carbocycles. The number of hydrogen-bond donors (Lipinski definition) is 2. The molecule has 7 nitrogen and oxygen atoms in total. The van der Waals surface area contributed by atoms with Gasteiger partial charge in [-0.3, -0.25) is 0 Å². The molecule has 2 N–H and O–H groups in total. The lowest BCUT2D eigenvalue weighted by Gasteiger charge is -2.15. The van der Waals surface area contributed by atoms with E-state index < -0.39 is 0 Å². The van der Waals surface area contributed by atoms with Gasteiger partial charge >= 0.3 is 0 Å². The second-order valence-corrected chi connectivity index (χ2v) is 5.18. The monoisotopic (exact) mass is 353 g/mol. The summed E-state index contributed by atoms with van der Waals surface area (Å²) in [6.07, 6.45) is 0.924. The second-order valence-electron chi connectivity index (χ2n) is 5.18. The first kappa shape index (κ1) is 20.9. The highest BCUT2D eigenvalue weighted by Crippen LogP contribution is 2.34. The Morgan fingerprint density at radius 1 is 1.00 bits per heavy atom. The van der Waals surface area contributed by atoms with Crippen LogP contribution in [0.25, 0.3) is 0 Å². The molecular weight excluding hydrogens is 322 g/mol. The second kappa shape index (κ2) is 12.2. The quantitative estimate of drug-likeness (QED) is 0.361. The van der Waals surface area contributed by atoms with Crippen molar-refractivity contribution in [1.82, 2.24) is 10.6 Å². The molecule has 0 unspecified atom stereocenters. The van der Waals surface area contributed by atoms with E-state index in [1.165, 1.54) is 0 Å². The zero-order chi connectivity index (χ0) is 18.5. The molecule has 0 aromatic heterocycles. The molecule has 0 amide bonds. The van der Waals surface area contributed by atoms with E-state index in [9.17, 15) is 0 Å². The Bertz CT molecular complexity index is 510. The lowest BCUT2D eigenvalue weighted by molar-refractivity contribution is 0.145. The molecule has 0 fully saturated rings. The molecule has 0 aliphatic carbocycles. The SMILES string of the molecule is CCNC(=NCc1c(OC)cc(OC)cc1OC)NCCCOCC. The molecule has 0 bridgehead atoms. The molecular formula is C18H31N3O4. The van der Waals surface area contributed by atoms with Crippen molar-refractivity contribution in [1.29, 1.82) is 0 Å². The Hall–Kier alpha value is -2.15. The summed E-state index contributed by atoms with van der Waals surface area (Å²) in [7, 11) is 4.86. The molecule has 0 spiro atoms. The Balaban J connectivity index is 2.83. The average Bonchev–Trinajstić information content (AvgIpc) is 2.64. The maximum atomic E-state index is 5.46. The van der Waals surface area contributed by atoms with Gasteiger partial charge in [0.15, 0.2) is 5.96 Å². The predicted molar refractivity (Wildman–Crippen MR) is 100 cm³/mol. The molecule has 25 heavy (non-hydrogen) atoms. The highest BCUT2D eigenvalue weighted by molar-refractivity contribution is 5.79. The van der Waals surface area contributed by atoms with Gasteiger partial charge < -0.3 is 29.6 Å². The van der Waals surface area contributed by atoms with Crippen molar-refractivity contribution in [2.45, 2.75) is 26.8 Å². The van der Waals surface area contributed by atoms with Crippen LogP contribution in [0.4, 0.5) is 0 Å². The van der Waals surface area contributed by atoms with Crippen LogP contribution in [-0.2, 0) is 11.3 Å². The van der Waals surface area contributed by atoms with E-state index >= 15 is 0 Å². The zero-order valence-corrected chi connectivity index (χ0v) is 16.0. The van der Waals surface area contributed by atoms with Crippen molar-refractivity contribution in [3.05, 3.63) is 17.7 Å². The smallest absolute Gasteiger partial charge is 0.191 e. The minimum Gasteiger partial charge on any atom is -0.496 e. The third-order valence-electron chi connectivity index (χ3n) is 3.52. The fraction of sp³-hybridized carbons (Fsp3) is 0.611. The normalized spacial score (nSPS) is 11.2. The minimum absolute atomic E-state index is 0.428. The molecule has 0 radical (unpaired) electrons. The van der Waals surface area contributed by atoms with Crippen molar-refractivity contribution in [3.8, 4) is 17.2 Å². The lowest BCUT2D eigenvalue weighted by atomic mass is 10.1. The standard InChI is InChI=1S/C18H31N3O4/c1-6-19-18(20-9-8-10-25-7-2)21-13-15-16(23-4)11-14(22-3)12-17(15)24-5/h11-12H,6-10,13H2,1-5H3,(H2,19,20,21). The van der Waals surface area contributed by atoms with Crippen LogP contribution in [0.5, 0.6) is 17.2 Å². The van der Waals surface area contributed by atoms with Crippen LogP contribution in [0.15, 0.2) is 17.1 Å². The van der Waals surface area contributed by atoms with Crippen LogP contribution in [0.1, 0.15) is 25.8 Å². The number of benzene rings is 1. The largest absolute Gasteiger partial charge is 0.496 e. The van der Waals surface area contributed by atoms with Crippen molar-refractivity contribution in [2.24, 2.45) is 4.99 Å². The number of ether oxygens (including phenoxy) is 4. The van der Waals surface area contributed by atoms with Gasteiger partial charge in [0.2, 0.25) is 0 Å². The van der Waals surface area contributed by atoms with E-state index in [1.807, 2.05) is 26.0 Å². The topological polar surface area (TPSA) is 73.3 Å². The molecule has 0 saturated heterocycles. The molecule has 142 valence electrons. The van der Waals surface area contributed by atoms with E-state index in [2.05, 4.69) is 15.6 Å². The summed E-state index contributed by atoms with van der Waals surface area (Å²) in [6, 6.07) is 3.66. The van der Waals surface area contributed by atoms with E-state index in [-0.39, 0.29) is 0 Å². The fourth-order valence-electron chi connectivity index (χ4n) is 2.26. The number of rotatable bonds is 11. The van der Waals surface area contributed by atoms with Crippen molar-refractivity contribution >= 4 is 5.96 Å². The summed E-state index contributed by atoms with van der Waals surface area (Å²) in [5.41, 5.74) is 0.873. The van der Waals surface area contributed by atoms with Gasteiger partial charge in [0.05, 0.1) is 33.4 Å². The molecule has 1 aromatic rings. The summed E-state index contributed by atoms with van der Waals surface area (Å²) in [5.74, 6) is 2.81. The maximum Gasteiger partial charge on any atom is 0.191 e. The van der Waals surface area contributed by atoms with Gasteiger partial charge in [-0.2, -0.15) is 0 Å². The number of nitrogens with one attached hydrogen (secondary N) is 2. The van der Waals surface area contributed by atoms with Crippen LogP contribution in [0.3, 0.4) is 0 Å². The van der Waals surface area contributed by atoms with Crippen molar-refractivity contribution < 1.29 is 18.9 Å². The lowest BCUT2D eigenvalue weighted by Crippen LogP contribution is -2.38. The predicted octanol–water partition coefficient (Wildman–Crippen LogP) is 2.19. The first-order valence-corrected chi connectivity index (χ1v) is 8.58. The van der Waals surface area contributed by atoms with Crippen LogP contribution in [0.2, 0.25) is 0 Å². The molecule has 0 heterocycles. The Morgan fingerprint density at radius 2 is 1.68 bits per heavy atom. The summed E-state index contributed by atoms with van der Waals surface area (Å²) >= 11 is 0. The summed E-state index contributed by atoms with van der Waals surface area (Å²) in [6.45, 7) is 7.52. The maximum absolute atomic E-state index is 5.46. The molecule has 1 aromatic carbocycles. The summed E-state index contributed by atoms with van der Waals surface area (Å²) in [5, 5.41) is 6.53. The van der Waals surface area contributed by atoms with Gasteiger partial charge in [-0.15, -0.1) is 0 Å². The van der Waals surface area contributed by atoms with Gasteiger partial charge in [-0.25, -0.2) is 4.99 Å².